The predicted molar refractivity (Wildman–Crippen MR) is 147 cm³/mol. The van der Waals surface area contributed by atoms with Crippen LogP contribution in [0, 0.1) is 5.92 Å². The van der Waals surface area contributed by atoms with Gasteiger partial charge in [-0.1, -0.05) is 19.9 Å². The van der Waals surface area contributed by atoms with Crippen LogP contribution in [0.25, 0.3) is 16.5 Å². The van der Waals surface area contributed by atoms with Crippen LogP contribution in [0.5, 0.6) is 5.75 Å². The highest BCUT2D eigenvalue weighted by Crippen LogP contribution is 2.41. The Morgan fingerprint density at radius 2 is 2.03 bits per heavy atom. The zero-order chi connectivity index (χ0) is 28.3. The zero-order valence-corrected chi connectivity index (χ0v) is 23.0. The number of aromatic amines is 1. The lowest BCUT2D eigenvalue weighted by Crippen LogP contribution is -2.39. The highest BCUT2D eigenvalue weighted by atomic mass is 19.1. The Morgan fingerprint density at radius 3 is 2.69 bits per heavy atom. The van der Waals surface area contributed by atoms with Gasteiger partial charge in [-0.25, -0.2) is 14.0 Å². The molecule has 1 aromatic heterocycles. The first-order chi connectivity index (χ1) is 18.5. The van der Waals surface area contributed by atoms with E-state index in [1.54, 1.807) is 25.1 Å². The number of halogens is 1. The normalized spacial score (nSPS) is 18.2. The Labute approximate surface area is 227 Å². The monoisotopic (exact) mass is 538 g/mol. The topological polar surface area (TPSA) is 104 Å². The maximum absolute atomic E-state index is 13.5. The van der Waals surface area contributed by atoms with Crippen LogP contribution in [-0.4, -0.2) is 73.1 Å². The lowest BCUT2D eigenvalue weighted by atomic mass is 9.81. The van der Waals surface area contributed by atoms with Crippen molar-refractivity contribution in [2.45, 2.75) is 32.6 Å². The summed E-state index contributed by atoms with van der Waals surface area (Å²) in [5.74, 6) is -1.34. The van der Waals surface area contributed by atoms with E-state index in [2.05, 4.69) is 10.3 Å². The first kappa shape index (κ1) is 28.1. The molecule has 1 aliphatic carbocycles. The Hall–Kier alpha value is -3.92. The largest absolute Gasteiger partial charge is 0.462 e. The van der Waals surface area contributed by atoms with Crippen molar-refractivity contribution in [3.05, 3.63) is 59.7 Å². The van der Waals surface area contributed by atoms with E-state index < -0.39 is 23.4 Å². The molecule has 0 fully saturated rings. The lowest BCUT2D eigenvalue weighted by Gasteiger charge is -2.31. The third-order valence-electron chi connectivity index (χ3n) is 6.76. The predicted octanol–water partition coefficient (Wildman–Crippen LogP) is 4.27. The van der Waals surface area contributed by atoms with Gasteiger partial charge in [0.1, 0.15) is 11.6 Å². The second kappa shape index (κ2) is 11.4. The van der Waals surface area contributed by atoms with Gasteiger partial charge in [0.25, 0.3) is 0 Å². The number of ether oxygens (including phenoxy) is 2. The molecule has 0 saturated heterocycles. The van der Waals surface area contributed by atoms with Gasteiger partial charge in [-0.05, 0) is 57.3 Å². The molecule has 0 radical (unpaired) electrons. The summed E-state index contributed by atoms with van der Waals surface area (Å²) in [6.45, 7) is 7.30. The Morgan fingerprint density at radius 1 is 1.26 bits per heavy atom. The molecule has 1 atom stereocenters. The van der Waals surface area contributed by atoms with E-state index in [0.717, 1.165) is 10.9 Å². The molecule has 2 aliphatic rings. The molecule has 2 N–H and O–H groups in total. The number of allylic oxidation sites excluding steroid dienone is 3. The third kappa shape index (κ3) is 6.22. The van der Waals surface area contributed by atoms with Crippen LogP contribution in [0.2, 0.25) is 0 Å². The van der Waals surface area contributed by atoms with Crippen LogP contribution in [0.3, 0.4) is 0 Å². The van der Waals surface area contributed by atoms with E-state index in [1.165, 1.54) is 23.3 Å². The molecule has 2 amide bonds. The number of carbonyl (C=O) groups is 3. The number of carbonyl (C=O) groups excluding carboxylic acids is 3. The maximum atomic E-state index is 13.5. The number of amides is 2. The van der Waals surface area contributed by atoms with Crippen molar-refractivity contribution in [1.82, 2.24) is 20.1 Å². The molecule has 1 unspecified atom stereocenters. The van der Waals surface area contributed by atoms with Crippen LogP contribution in [0.4, 0.5) is 9.18 Å². The van der Waals surface area contributed by atoms with Crippen LogP contribution in [0.1, 0.15) is 38.4 Å². The average molecular weight is 539 g/mol. The number of esters is 1. The van der Waals surface area contributed by atoms with E-state index in [9.17, 15) is 18.8 Å². The molecule has 0 saturated carbocycles. The molecule has 10 heteroatoms. The quantitative estimate of drug-likeness (QED) is 0.511. The van der Waals surface area contributed by atoms with Crippen molar-refractivity contribution in [3.8, 4) is 5.75 Å². The molecule has 9 nitrogen and oxygen atoms in total. The van der Waals surface area contributed by atoms with Gasteiger partial charge in [0.2, 0.25) is 5.91 Å². The number of rotatable bonds is 7. The van der Waals surface area contributed by atoms with Crippen molar-refractivity contribution in [1.29, 1.82) is 0 Å². The number of likely N-dealkylation sites (N-methyl/N-ethyl adjacent to an activating group) is 1. The van der Waals surface area contributed by atoms with E-state index in [0.29, 0.717) is 30.0 Å². The van der Waals surface area contributed by atoms with Crippen molar-refractivity contribution in [3.63, 3.8) is 0 Å². The molecule has 39 heavy (non-hydrogen) atoms. The minimum atomic E-state index is -0.584. The summed E-state index contributed by atoms with van der Waals surface area (Å²) < 4.78 is 24.3. The van der Waals surface area contributed by atoms with Crippen LogP contribution >= 0.6 is 0 Å². The number of nitrogens with one attached hydrogen (secondary N) is 2. The number of hydrogen-bond donors (Lipinski definition) is 2. The molecule has 2 aromatic rings. The zero-order valence-electron chi connectivity index (χ0n) is 23.0. The maximum Gasteiger partial charge on any atom is 0.412 e. The van der Waals surface area contributed by atoms with Gasteiger partial charge in [-0.15, -0.1) is 0 Å². The summed E-state index contributed by atoms with van der Waals surface area (Å²) in [4.78, 5) is 45.7. The second-order valence-electron chi connectivity index (χ2n) is 10.6. The molecule has 0 spiro atoms. The summed E-state index contributed by atoms with van der Waals surface area (Å²) in [5, 5.41) is 3.55. The van der Waals surface area contributed by atoms with E-state index in [4.69, 9.17) is 9.47 Å². The van der Waals surface area contributed by atoms with Gasteiger partial charge in [-0.3, -0.25) is 4.79 Å². The summed E-state index contributed by atoms with van der Waals surface area (Å²) in [7, 11) is 3.83. The fourth-order valence-corrected chi connectivity index (χ4v) is 4.94. The van der Waals surface area contributed by atoms with E-state index in [1.807, 2.05) is 38.9 Å². The van der Waals surface area contributed by atoms with E-state index >= 15 is 0 Å². The summed E-state index contributed by atoms with van der Waals surface area (Å²) in [6, 6.07) is 5.25. The number of benzene rings is 1. The first-order valence-electron chi connectivity index (χ1n) is 13.0. The summed E-state index contributed by atoms with van der Waals surface area (Å²) >= 11 is 0. The van der Waals surface area contributed by atoms with Gasteiger partial charge in [0.05, 0.1) is 23.8 Å². The Kier molecular flexibility index (Phi) is 8.25. The number of H-pyrrole nitrogens is 1. The standard InChI is InChI=1S/C29H35FN4O5/c1-6-38-27(36)22-16-34(26(35)18-7-9-19(30)10-8-18)17-29(2,3)24-21-12-11-20(15-23(21)32-25(22)24)39-28(37)31-13-14-33(4)5/h7,9-12,15-16,18,32H,6,8,13-14,17H2,1-5H3,(H,31,37). The molecule has 1 aromatic carbocycles. The minimum Gasteiger partial charge on any atom is -0.462 e. The molecule has 1 aliphatic heterocycles. The smallest absolute Gasteiger partial charge is 0.412 e. The van der Waals surface area contributed by atoms with Crippen molar-refractivity contribution < 1.29 is 28.2 Å². The van der Waals surface area contributed by atoms with Crippen molar-refractivity contribution in [2.75, 3.05) is 40.3 Å². The van der Waals surface area contributed by atoms with Gasteiger partial charge < -0.3 is 29.6 Å². The highest BCUT2D eigenvalue weighted by Gasteiger charge is 2.38. The van der Waals surface area contributed by atoms with Gasteiger partial charge in [0, 0.05) is 48.2 Å². The molecule has 208 valence electrons. The minimum absolute atomic E-state index is 0.166. The second-order valence-corrected chi connectivity index (χ2v) is 10.6. The number of aromatic nitrogens is 1. The average Bonchev–Trinajstić information content (AvgIpc) is 3.20. The number of nitrogens with zero attached hydrogens (tertiary/aromatic N) is 2. The lowest BCUT2D eigenvalue weighted by molar-refractivity contribution is -0.136. The number of hydrogen-bond acceptors (Lipinski definition) is 6. The SMILES string of the molecule is CCOC(=O)C1=CN(C(=O)C2C=CC(F)=CC2)CC(C)(C)c2c1[nH]c1cc(OC(=O)NCCN(C)C)ccc21. The highest BCUT2D eigenvalue weighted by molar-refractivity contribution is 6.18. The van der Waals surface area contributed by atoms with Crippen molar-refractivity contribution in [2.24, 2.45) is 5.92 Å². The Bertz CT molecular complexity index is 1370. The van der Waals surface area contributed by atoms with Crippen LogP contribution < -0.4 is 10.1 Å². The summed E-state index contributed by atoms with van der Waals surface area (Å²) in [6.07, 6.45) is 5.46. The molecular formula is C29H35FN4O5. The van der Waals surface area contributed by atoms with Gasteiger partial charge in [-0.2, -0.15) is 0 Å². The molecule has 2 heterocycles. The van der Waals surface area contributed by atoms with Gasteiger partial charge >= 0.3 is 12.1 Å². The van der Waals surface area contributed by atoms with Crippen LogP contribution in [-0.2, 0) is 19.7 Å². The first-order valence-corrected chi connectivity index (χ1v) is 13.0. The summed E-state index contributed by atoms with van der Waals surface area (Å²) in [5.41, 5.74) is 1.70. The molecular weight excluding hydrogens is 503 g/mol. The van der Waals surface area contributed by atoms with Crippen molar-refractivity contribution >= 4 is 34.4 Å². The fourth-order valence-electron chi connectivity index (χ4n) is 4.94. The molecule has 4 rings (SSSR count). The third-order valence-corrected chi connectivity index (χ3v) is 6.76. The van der Waals surface area contributed by atoms with E-state index in [-0.39, 0.29) is 36.9 Å². The van der Waals surface area contributed by atoms with Gasteiger partial charge in [0.15, 0.2) is 0 Å². The fraction of sp³-hybridized carbons (Fsp3) is 0.414. The number of fused-ring (bicyclic) bond motifs is 3. The Balaban J connectivity index is 1.70. The molecule has 0 bridgehead atoms. The van der Waals surface area contributed by atoms with Crippen LogP contribution in [0.15, 0.2) is 48.5 Å².